The Balaban J connectivity index is 2.36. The molecule has 28 heavy (non-hydrogen) atoms. The van der Waals surface area contributed by atoms with Crippen LogP contribution >= 0.6 is 0 Å². The summed E-state index contributed by atoms with van der Waals surface area (Å²) in [6, 6.07) is 2.93. The third-order valence-electron chi connectivity index (χ3n) is 5.30. The van der Waals surface area contributed by atoms with Crippen LogP contribution in [-0.2, 0) is 5.41 Å². The number of hydrogen-bond donors (Lipinski definition) is 1. The van der Waals surface area contributed by atoms with E-state index in [1.165, 1.54) is 11.6 Å². The van der Waals surface area contributed by atoms with Gasteiger partial charge in [-0.1, -0.05) is 24.6 Å². The highest BCUT2D eigenvalue weighted by molar-refractivity contribution is 5.94. The molecule has 0 amide bonds. The molecule has 2 aromatic rings. The summed E-state index contributed by atoms with van der Waals surface area (Å²) >= 11 is 0. The molecule has 0 saturated carbocycles. The van der Waals surface area contributed by atoms with Crippen molar-refractivity contribution in [3.05, 3.63) is 64.1 Å². The molecule has 4 nitrogen and oxygen atoms in total. The van der Waals surface area contributed by atoms with Gasteiger partial charge in [0.05, 0.1) is 10.9 Å². The molecule has 1 aromatic carbocycles. The lowest BCUT2D eigenvalue weighted by Gasteiger charge is -2.35. The normalized spacial score (nSPS) is 16.8. The quantitative estimate of drug-likeness (QED) is 0.520. The van der Waals surface area contributed by atoms with E-state index in [0.29, 0.717) is 22.3 Å². The van der Waals surface area contributed by atoms with Gasteiger partial charge in [-0.2, -0.15) is 0 Å². The van der Waals surface area contributed by atoms with Crippen LogP contribution in [0.1, 0.15) is 58.6 Å². The van der Waals surface area contributed by atoms with E-state index in [1.807, 2.05) is 32.1 Å². The predicted octanol–water partition coefficient (Wildman–Crippen LogP) is 5.87. The maximum absolute atomic E-state index is 12.0. The number of aromatic hydroxyl groups is 1. The molecule has 3 rings (SSSR count). The minimum absolute atomic E-state index is 0.0555. The first kappa shape index (κ1) is 20.0. The van der Waals surface area contributed by atoms with Crippen molar-refractivity contribution >= 4 is 17.0 Å². The van der Waals surface area contributed by atoms with Crippen molar-refractivity contribution in [2.24, 2.45) is 0 Å². The molecule has 0 bridgehead atoms. The Morgan fingerprint density at radius 3 is 2.68 bits per heavy atom. The van der Waals surface area contributed by atoms with Crippen LogP contribution in [0.25, 0.3) is 17.0 Å². The standard InChI is InChI=1S/C24H28O4/c1-7-24(6,13-8-9-15(2)3)19-21-16(10-11-18(25)27-21)20(26)17-12-14-23(4,5)28-22(17)19/h7,9-12,14,26H,1,8,13H2,2-6H3. The summed E-state index contributed by atoms with van der Waals surface area (Å²) in [5.74, 6) is 0.603. The van der Waals surface area contributed by atoms with Crippen molar-refractivity contribution < 1.29 is 14.3 Å². The molecule has 0 spiro atoms. The van der Waals surface area contributed by atoms with Gasteiger partial charge in [0.25, 0.3) is 0 Å². The number of rotatable bonds is 5. The van der Waals surface area contributed by atoms with Gasteiger partial charge >= 0.3 is 5.63 Å². The summed E-state index contributed by atoms with van der Waals surface area (Å²) in [5, 5.41) is 11.3. The molecule has 1 aliphatic heterocycles. The van der Waals surface area contributed by atoms with E-state index in [0.717, 1.165) is 18.4 Å². The van der Waals surface area contributed by atoms with Gasteiger partial charge in [0.15, 0.2) is 0 Å². The first-order valence-electron chi connectivity index (χ1n) is 9.56. The predicted molar refractivity (Wildman–Crippen MR) is 114 cm³/mol. The minimum Gasteiger partial charge on any atom is -0.506 e. The molecule has 148 valence electrons. The van der Waals surface area contributed by atoms with E-state index < -0.39 is 16.6 Å². The molecule has 0 aliphatic carbocycles. The van der Waals surface area contributed by atoms with Crippen LogP contribution < -0.4 is 10.4 Å². The number of phenolic OH excluding ortho intramolecular Hbond substituents is 1. The van der Waals surface area contributed by atoms with Crippen molar-refractivity contribution in [2.75, 3.05) is 0 Å². The average Bonchev–Trinajstić information content (AvgIpc) is 2.60. The van der Waals surface area contributed by atoms with Gasteiger partial charge in [-0.05, 0) is 58.8 Å². The van der Waals surface area contributed by atoms with Crippen LogP contribution in [-0.4, -0.2) is 10.7 Å². The molecule has 0 radical (unpaired) electrons. The van der Waals surface area contributed by atoms with E-state index in [1.54, 1.807) is 6.07 Å². The van der Waals surface area contributed by atoms with Crippen LogP contribution in [0.3, 0.4) is 0 Å². The van der Waals surface area contributed by atoms with Gasteiger partial charge < -0.3 is 14.3 Å². The number of allylic oxidation sites excluding steroid dienone is 3. The molecule has 1 atom stereocenters. The topological polar surface area (TPSA) is 59.7 Å². The molecule has 0 fully saturated rings. The van der Waals surface area contributed by atoms with Crippen molar-refractivity contribution in [3.8, 4) is 11.5 Å². The first-order valence-corrected chi connectivity index (χ1v) is 9.56. The summed E-state index contributed by atoms with van der Waals surface area (Å²) in [6.45, 7) is 14.2. The molecule has 1 aromatic heterocycles. The minimum atomic E-state index is -0.543. The third-order valence-corrected chi connectivity index (χ3v) is 5.30. The molecular formula is C24H28O4. The highest BCUT2D eigenvalue weighted by Crippen LogP contribution is 2.50. The van der Waals surface area contributed by atoms with Gasteiger partial charge in [-0.15, -0.1) is 6.58 Å². The molecule has 1 aliphatic rings. The lowest BCUT2D eigenvalue weighted by Crippen LogP contribution is -2.31. The third kappa shape index (κ3) is 3.51. The number of benzene rings is 1. The maximum atomic E-state index is 12.0. The Morgan fingerprint density at radius 2 is 2.04 bits per heavy atom. The first-order chi connectivity index (χ1) is 13.1. The summed E-state index contributed by atoms with van der Waals surface area (Å²) in [6.07, 6.45) is 9.45. The maximum Gasteiger partial charge on any atom is 0.336 e. The van der Waals surface area contributed by atoms with Gasteiger partial charge in [-0.3, -0.25) is 0 Å². The summed E-state index contributed by atoms with van der Waals surface area (Å²) in [7, 11) is 0. The fourth-order valence-corrected chi connectivity index (χ4v) is 3.63. The SMILES string of the molecule is C=CC(C)(CCC=C(C)C)c1c2c(c(O)c3ccc(=O)oc13)C=CC(C)(C)O2. The van der Waals surface area contributed by atoms with Crippen LogP contribution in [0.5, 0.6) is 11.5 Å². The van der Waals surface area contributed by atoms with E-state index in [4.69, 9.17) is 9.15 Å². The summed E-state index contributed by atoms with van der Waals surface area (Å²) in [4.78, 5) is 12.0. The Labute approximate surface area is 165 Å². The van der Waals surface area contributed by atoms with Gasteiger partial charge in [0, 0.05) is 17.0 Å². The van der Waals surface area contributed by atoms with E-state index in [-0.39, 0.29) is 5.75 Å². The lowest BCUT2D eigenvalue weighted by atomic mass is 9.75. The fourth-order valence-electron chi connectivity index (χ4n) is 3.63. The Kier molecular flexibility index (Phi) is 5.00. The summed E-state index contributed by atoms with van der Waals surface area (Å²) in [5.41, 5.74) is 1.44. The van der Waals surface area contributed by atoms with Crippen LogP contribution in [0, 0.1) is 0 Å². The number of fused-ring (bicyclic) bond motifs is 2. The molecule has 2 heterocycles. The van der Waals surface area contributed by atoms with E-state index in [2.05, 4.69) is 33.4 Å². The second kappa shape index (κ2) is 7.01. The number of hydrogen-bond acceptors (Lipinski definition) is 4. The Morgan fingerprint density at radius 1 is 1.32 bits per heavy atom. The van der Waals surface area contributed by atoms with Crippen LogP contribution in [0.2, 0.25) is 0 Å². The number of ether oxygens (including phenoxy) is 1. The average molecular weight is 380 g/mol. The molecule has 0 saturated heterocycles. The Hall–Kier alpha value is -2.75. The van der Waals surface area contributed by atoms with Gasteiger partial charge in [-0.25, -0.2) is 4.79 Å². The van der Waals surface area contributed by atoms with Crippen LogP contribution in [0.15, 0.2) is 51.7 Å². The zero-order valence-corrected chi connectivity index (χ0v) is 17.3. The zero-order valence-electron chi connectivity index (χ0n) is 17.3. The van der Waals surface area contributed by atoms with Crippen molar-refractivity contribution in [2.45, 2.75) is 58.5 Å². The van der Waals surface area contributed by atoms with E-state index in [9.17, 15) is 9.90 Å². The fraction of sp³-hybridized carbons (Fsp3) is 0.375. The van der Waals surface area contributed by atoms with Crippen molar-refractivity contribution in [3.63, 3.8) is 0 Å². The Bertz CT molecular complexity index is 1050. The second-order valence-corrected chi connectivity index (χ2v) is 8.44. The second-order valence-electron chi connectivity index (χ2n) is 8.44. The van der Waals surface area contributed by atoms with Gasteiger partial charge in [0.1, 0.15) is 22.7 Å². The van der Waals surface area contributed by atoms with Gasteiger partial charge in [0.2, 0.25) is 0 Å². The molecular weight excluding hydrogens is 352 g/mol. The highest BCUT2D eigenvalue weighted by Gasteiger charge is 2.36. The molecule has 4 heteroatoms. The molecule has 1 N–H and O–H groups in total. The van der Waals surface area contributed by atoms with E-state index >= 15 is 0 Å². The smallest absolute Gasteiger partial charge is 0.336 e. The summed E-state index contributed by atoms with van der Waals surface area (Å²) < 4.78 is 11.9. The zero-order chi connectivity index (χ0) is 20.7. The van der Waals surface area contributed by atoms with Crippen molar-refractivity contribution in [1.29, 1.82) is 0 Å². The number of phenols is 1. The monoisotopic (exact) mass is 380 g/mol. The van der Waals surface area contributed by atoms with Crippen LogP contribution in [0.4, 0.5) is 0 Å². The largest absolute Gasteiger partial charge is 0.506 e. The highest BCUT2D eigenvalue weighted by atomic mass is 16.5. The molecule has 1 unspecified atom stereocenters. The van der Waals surface area contributed by atoms with Crippen molar-refractivity contribution in [1.82, 2.24) is 0 Å². The lowest BCUT2D eigenvalue weighted by molar-refractivity contribution is 0.154.